The lowest BCUT2D eigenvalue weighted by atomic mass is 9.99. The summed E-state index contributed by atoms with van der Waals surface area (Å²) in [5.74, 6) is 2.82. The predicted octanol–water partition coefficient (Wildman–Crippen LogP) is 3.87. The van der Waals surface area contributed by atoms with Crippen LogP contribution in [0.15, 0.2) is 23.3 Å². The standard InChI is InChI=1S/C23H40N6.HI/c1-20-10-16-29(17-11-20)22-9-8-21(18-26-22)19-27-23(24-2)25-12-7-15-28-13-5-3-4-6-14-28;/h8-9,18,20H,3-7,10-17,19H2,1-2H3,(H2,24,25,27);1H. The minimum atomic E-state index is 0. The number of nitrogens with zero attached hydrogens (tertiary/aromatic N) is 4. The predicted molar refractivity (Wildman–Crippen MR) is 138 cm³/mol. The molecule has 0 bridgehead atoms. The second-order valence-electron chi connectivity index (χ2n) is 8.66. The van der Waals surface area contributed by atoms with Gasteiger partial charge in [-0.25, -0.2) is 4.98 Å². The van der Waals surface area contributed by atoms with Crippen LogP contribution in [0.1, 0.15) is 57.4 Å². The number of piperidine rings is 1. The summed E-state index contributed by atoms with van der Waals surface area (Å²) in [5, 5.41) is 6.86. The van der Waals surface area contributed by atoms with Crippen molar-refractivity contribution in [1.82, 2.24) is 20.5 Å². The molecular weight excluding hydrogens is 487 g/mol. The maximum absolute atomic E-state index is 4.69. The molecule has 1 aromatic heterocycles. The van der Waals surface area contributed by atoms with E-state index in [9.17, 15) is 0 Å². The molecule has 2 aliphatic rings. The zero-order valence-corrected chi connectivity index (χ0v) is 21.2. The fourth-order valence-corrected chi connectivity index (χ4v) is 4.22. The Morgan fingerprint density at radius 2 is 1.80 bits per heavy atom. The maximum Gasteiger partial charge on any atom is 0.191 e. The molecule has 7 heteroatoms. The molecule has 0 atom stereocenters. The molecule has 170 valence electrons. The minimum Gasteiger partial charge on any atom is -0.357 e. The van der Waals surface area contributed by atoms with Crippen molar-refractivity contribution in [1.29, 1.82) is 0 Å². The number of aromatic nitrogens is 1. The van der Waals surface area contributed by atoms with Crippen LogP contribution < -0.4 is 15.5 Å². The van der Waals surface area contributed by atoms with Crippen molar-refractivity contribution in [3.05, 3.63) is 23.9 Å². The third-order valence-corrected chi connectivity index (χ3v) is 6.24. The minimum absolute atomic E-state index is 0. The van der Waals surface area contributed by atoms with Gasteiger partial charge in [-0.05, 0) is 69.3 Å². The van der Waals surface area contributed by atoms with Crippen molar-refractivity contribution in [2.75, 3.05) is 51.2 Å². The Kier molecular flexibility index (Phi) is 11.8. The average molecular weight is 529 g/mol. The van der Waals surface area contributed by atoms with Crippen molar-refractivity contribution < 1.29 is 0 Å². The smallest absolute Gasteiger partial charge is 0.191 e. The molecule has 2 saturated heterocycles. The van der Waals surface area contributed by atoms with Gasteiger partial charge in [0, 0.05) is 39.4 Å². The van der Waals surface area contributed by atoms with E-state index in [0.717, 1.165) is 50.3 Å². The number of likely N-dealkylation sites (tertiary alicyclic amines) is 1. The lowest BCUT2D eigenvalue weighted by Crippen LogP contribution is -2.38. The number of guanidine groups is 1. The Bertz CT molecular complexity index is 605. The van der Waals surface area contributed by atoms with E-state index in [2.05, 4.69) is 49.5 Å². The van der Waals surface area contributed by atoms with Crippen molar-refractivity contribution in [3.8, 4) is 0 Å². The van der Waals surface area contributed by atoms with Gasteiger partial charge in [0.05, 0.1) is 0 Å². The van der Waals surface area contributed by atoms with Crippen LogP contribution in [0.3, 0.4) is 0 Å². The Morgan fingerprint density at radius 1 is 1.07 bits per heavy atom. The maximum atomic E-state index is 4.69. The number of rotatable bonds is 7. The summed E-state index contributed by atoms with van der Waals surface area (Å²) < 4.78 is 0. The van der Waals surface area contributed by atoms with Crippen LogP contribution in [0.2, 0.25) is 0 Å². The molecule has 0 saturated carbocycles. The summed E-state index contributed by atoms with van der Waals surface area (Å²) in [4.78, 5) is 14.1. The highest BCUT2D eigenvalue weighted by molar-refractivity contribution is 14.0. The van der Waals surface area contributed by atoms with E-state index in [1.165, 1.54) is 63.7 Å². The first kappa shape index (κ1) is 25.2. The highest BCUT2D eigenvalue weighted by atomic mass is 127. The zero-order chi connectivity index (χ0) is 20.3. The van der Waals surface area contributed by atoms with Gasteiger partial charge >= 0.3 is 0 Å². The number of aliphatic imine (C=N–C) groups is 1. The van der Waals surface area contributed by atoms with Gasteiger partial charge < -0.3 is 20.4 Å². The van der Waals surface area contributed by atoms with Gasteiger partial charge in [-0.15, -0.1) is 24.0 Å². The molecular formula is C23H41IN6. The van der Waals surface area contributed by atoms with Gasteiger partial charge in [0.15, 0.2) is 5.96 Å². The third kappa shape index (κ3) is 8.57. The molecule has 1 aromatic rings. The van der Waals surface area contributed by atoms with Crippen LogP contribution >= 0.6 is 24.0 Å². The molecule has 2 N–H and O–H groups in total. The number of halogens is 1. The Labute approximate surface area is 200 Å². The number of nitrogens with one attached hydrogen (secondary N) is 2. The fraction of sp³-hybridized carbons (Fsp3) is 0.739. The van der Waals surface area contributed by atoms with Gasteiger partial charge in [0.25, 0.3) is 0 Å². The topological polar surface area (TPSA) is 55.8 Å². The summed E-state index contributed by atoms with van der Waals surface area (Å²) in [6, 6.07) is 4.34. The van der Waals surface area contributed by atoms with E-state index in [1.807, 2.05) is 13.2 Å². The van der Waals surface area contributed by atoms with Crippen molar-refractivity contribution in [2.24, 2.45) is 10.9 Å². The van der Waals surface area contributed by atoms with Crippen molar-refractivity contribution >= 4 is 35.8 Å². The lowest BCUT2D eigenvalue weighted by Gasteiger charge is -2.31. The quantitative estimate of drug-likeness (QED) is 0.244. The van der Waals surface area contributed by atoms with Crippen LogP contribution in [-0.4, -0.2) is 62.2 Å². The van der Waals surface area contributed by atoms with Gasteiger partial charge in [-0.2, -0.15) is 0 Å². The number of hydrogen-bond donors (Lipinski definition) is 2. The largest absolute Gasteiger partial charge is 0.357 e. The molecule has 0 aliphatic carbocycles. The summed E-state index contributed by atoms with van der Waals surface area (Å²) in [5.41, 5.74) is 1.19. The van der Waals surface area contributed by atoms with Crippen LogP contribution in [0.4, 0.5) is 5.82 Å². The third-order valence-electron chi connectivity index (χ3n) is 6.24. The molecule has 2 fully saturated rings. The molecule has 0 unspecified atom stereocenters. The molecule has 0 spiro atoms. The molecule has 2 aliphatic heterocycles. The van der Waals surface area contributed by atoms with Crippen LogP contribution in [0.5, 0.6) is 0 Å². The second-order valence-corrected chi connectivity index (χ2v) is 8.66. The van der Waals surface area contributed by atoms with Gasteiger partial charge in [0.1, 0.15) is 5.82 Å². The Morgan fingerprint density at radius 3 is 2.43 bits per heavy atom. The highest BCUT2D eigenvalue weighted by Crippen LogP contribution is 2.21. The molecule has 0 amide bonds. The van der Waals surface area contributed by atoms with Gasteiger partial charge in [-0.1, -0.05) is 25.8 Å². The second kappa shape index (κ2) is 14.1. The summed E-state index contributed by atoms with van der Waals surface area (Å²) >= 11 is 0. The fourth-order valence-electron chi connectivity index (χ4n) is 4.22. The van der Waals surface area contributed by atoms with Gasteiger partial charge in [-0.3, -0.25) is 4.99 Å². The normalized spacial score (nSPS) is 19.1. The zero-order valence-electron chi connectivity index (χ0n) is 18.9. The summed E-state index contributed by atoms with van der Waals surface area (Å²) in [7, 11) is 1.84. The van der Waals surface area contributed by atoms with E-state index in [4.69, 9.17) is 0 Å². The van der Waals surface area contributed by atoms with E-state index in [1.54, 1.807) is 0 Å². The Hall–Kier alpha value is -1.09. The number of anilines is 1. The van der Waals surface area contributed by atoms with Crippen molar-refractivity contribution in [3.63, 3.8) is 0 Å². The lowest BCUT2D eigenvalue weighted by molar-refractivity contribution is 0.282. The highest BCUT2D eigenvalue weighted by Gasteiger charge is 2.16. The molecule has 3 rings (SSSR count). The summed E-state index contributed by atoms with van der Waals surface area (Å²) in [6.45, 7) is 10.0. The number of hydrogen-bond acceptors (Lipinski definition) is 4. The molecule has 0 aromatic carbocycles. The van der Waals surface area contributed by atoms with E-state index in [0.29, 0.717) is 0 Å². The van der Waals surface area contributed by atoms with E-state index < -0.39 is 0 Å². The first-order valence-electron chi connectivity index (χ1n) is 11.6. The number of pyridine rings is 1. The van der Waals surface area contributed by atoms with Crippen LogP contribution in [0, 0.1) is 5.92 Å². The average Bonchev–Trinajstić information content (AvgIpc) is 3.03. The first-order chi connectivity index (χ1) is 14.2. The Balaban J connectivity index is 0.00000320. The first-order valence-corrected chi connectivity index (χ1v) is 11.6. The molecule has 3 heterocycles. The van der Waals surface area contributed by atoms with Gasteiger partial charge in [0.2, 0.25) is 0 Å². The molecule has 6 nitrogen and oxygen atoms in total. The molecule has 30 heavy (non-hydrogen) atoms. The van der Waals surface area contributed by atoms with Crippen LogP contribution in [0.25, 0.3) is 0 Å². The monoisotopic (exact) mass is 528 g/mol. The van der Waals surface area contributed by atoms with E-state index >= 15 is 0 Å². The SMILES string of the molecule is CN=C(NCCCN1CCCCCC1)NCc1ccc(N2CCC(C)CC2)nc1.I. The summed E-state index contributed by atoms with van der Waals surface area (Å²) in [6.07, 6.45) is 11.2. The molecule has 0 radical (unpaired) electrons. The van der Waals surface area contributed by atoms with Crippen molar-refractivity contribution in [2.45, 2.75) is 58.4 Å². The van der Waals surface area contributed by atoms with E-state index in [-0.39, 0.29) is 24.0 Å². The van der Waals surface area contributed by atoms with Crippen LogP contribution in [-0.2, 0) is 6.54 Å².